The zero-order valence-electron chi connectivity index (χ0n) is 33.9. The fourth-order valence-electron chi connectivity index (χ4n) is 7.31. The summed E-state index contributed by atoms with van der Waals surface area (Å²) in [5, 5.41) is 50.2. The molecule has 1 heterocycles. The van der Waals surface area contributed by atoms with E-state index in [1.54, 1.807) is 6.92 Å². The van der Waals surface area contributed by atoms with Gasteiger partial charge >= 0.3 is 0 Å². The van der Waals surface area contributed by atoms with E-state index in [9.17, 15) is 30.3 Å². The lowest BCUT2D eigenvalue weighted by Crippen LogP contribution is -2.59. The van der Waals surface area contributed by atoms with Crippen molar-refractivity contribution in [2.24, 2.45) is 10.8 Å². The molecule has 0 bridgehead atoms. The molecule has 2 aliphatic carbocycles. The van der Waals surface area contributed by atoms with Gasteiger partial charge in [0.15, 0.2) is 12.1 Å². The van der Waals surface area contributed by atoms with Gasteiger partial charge in [0.1, 0.15) is 30.5 Å². The second-order valence-electron chi connectivity index (χ2n) is 16.4. The van der Waals surface area contributed by atoms with Gasteiger partial charge in [-0.05, 0) is 88.4 Å². The Hall–Kier alpha value is -3.47. The summed E-state index contributed by atoms with van der Waals surface area (Å²) < 4.78 is 11.7. The van der Waals surface area contributed by atoms with Gasteiger partial charge in [-0.25, -0.2) is 0 Å². The smallest absolute Gasteiger partial charge is 0.187 e. The SMILES string of the molecule is CC(C=CC=C(C)C=CC1=C(C)CC(OC2OC(CO)C(O)C(O)C2O)CC1(C)C)=CC=CC=C(C)C=CC=C(C)C=CC1=C(C)C(=O)C(O)CC1(C)C. The van der Waals surface area contributed by atoms with E-state index in [0.29, 0.717) is 24.8 Å². The fourth-order valence-corrected chi connectivity index (χ4v) is 7.31. The van der Waals surface area contributed by atoms with Crippen LogP contribution < -0.4 is 0 Å². The molecule has 8 nitrogen and oxygen atoms in total. The van der Waals surface area contributed by atoms with Gasteiger partial charge in [0.25, 0.3) is 0 Å². The summed E-state index contributed by atoms with van der Waals surface area (Å²) in [6, 6.07) is 0. The van der Waals surface area contributed by atoms with Crippen LogP contribution in [0.5, 0.6) is 0 Å². The molecule has 0 aromatic heterocycles. The Labute approximate surface area is 323 Å². The Kier molecular flexibility index (Phi) is 16.6. The number of ether oxygens (including phenoxy) is 2. The molecule has 0 aromatic carbocycles. The van der Waals surface area contributed by atoms with Crippen LogP contribution in [0.3, 0.4) is 0 Å². The van der Waals surface area contributed by atoms with E-state index in [-0.39, 0.29) is 22.7 Å². The maximum atomic E-state index is 12.3. The lowest BCUT2D eigenvalue weighted by atomic mass is 9.71. The van der Waals surface area contributed by atoms with Gasteiger partial charge in [-0.15, -0.1) is 0 Å². The average molecular weight is 745 g/mol. The van der Waals surface area contributed by atoms with E-state index in [2.05, 4.69) is 97.9 Å². The maximum absolute atomic E-state index is 12.3. The van der Waals surface area contributed by atoms with Crippen LogP contribution in [-0.2, 0) is 14.3 Å². The highest BCUT2D eigenvalue weighted by Crippen LogP contribution is 2.43. The minimum absolute atomic E-state index is 0.181. The standard InChI is InChI=1S/C46H64O8/c1-29(15-11-12-16-30(2)18-14-20-32(4)22-24-37-34(6)40(49)38(48)27-46(37,9)10)17-13-19-31(3)21-23-36-33(5)25-35(26-45(36,7)8)53-44-43(52)42(51)41(50)39(28-47)54-44/h11-24,35,38-39,41-44,47-48,50-52H,25-28H2,1-10H3. The summed E-state index contributed by atoms with van der Waals surface area (Å²) in [5.74, 6) is -0.181. The minimum Gasteiger partial charge on any atom is -0.394 e. The number of hydrogen-bond acceptors (Lipinski definition) is 8. The average Bonchev–Trinajstić information content (AvgIpc) is 3.08. The molecule has 296 valence electrons. The fraction of sp³-hybridized carbons (Fsp3) is 0.500. The van der Waals surface area contributed by atoms with Crippen LogP contribution in [0.1, 0.15) is 88.5 Å². The van der Waals surface area contributed by atoms with Crippen molar-refractivity contribution in [1.29, 1.82) is 0 Å². The van der Waals surface area contributed by atoms with Crippen molar-refractivity contribution in [3.05, 3.63) is 130 Å². The molecule has 1 aliphatic heterocycles. The van der Waals surface area contributed by atoms with E-state index in [4.69, 9.17) is 9.47 Å². The van der Waals surface area contributed by atoms with Crippen LogP contribution in [0.2, 0.25) is 0 Å². The third-order valence-corrected chi connectivity index (χ3v) is 10.4. The van der Waals surface area contributed by atoms with Gasteiger partial charge in [-0.3, -0.25) is 4.79 Å². The van der Waals surface area contributed by atoms with E-state index >= 15 is 0 Å². The van der Waals surface area contributed by atoms with E-state index in [1.165, 1.54) is 11.1 Å². The topological polar surface area (TPSA) is 137 Å². The molecule has 3 rings (SSSR count). The predicted octanol–water partition coefficient (Wildman–Crippen LogP) is 7.55. The first-order valence-electron chi connectivity index (χ1n) is 18.9. The molecular weight excluding hydrogens is 680 g/mol. The molecule has 0 spiro atoms. The van der Waals surface area contributed by atoms with E-state index in [1.807, 2.05) is 49.5 Å². The third kappa shape index (κ3) is 12.5. The summed E-state index contributed by atoms with van der Waals surface area (Å²) >= 11 is 0. The summed E-state index contributed by atoms with van der Waals surface area (Å²) in [6.07, 6.45) is 22.9. The van der Waals surface area contributed by atoms with Crippen LogP contribution in [0.4, 0.5) is 0 Å². The summed E-state index contributed by atoms with van der Waals surface area (Å²) in [5.41, 5.74) is 7.94. The highest BCUT2D eigenvalue weighted by molar-refractivity contribution is 6.00. The normalized spacial score (nSPS) is 30.8. The van der Waals surface area contributed by atoms with Crippen molar-refractivity contribution in [2.75, 3.05) is 6.61 Å². The van der Waals surface area contributed by atoms with E-state index < -0.39 is 43.4 Å². The summed E-state index contributed by atoms with van der Waals surface area (Å²) in [6.45, 7) is 20.0. The molecular formula is C46H64O8. The van der Waals surface area contributed by atoms with Crippen LogP contribution in [0.25, 0.3) is 0 Å². The zero-order chi connectivity index (χ0) is 40.4. The summed E-state index contributed by atoms with van der Waals surface area (Å²) in [7, 11) is 0. The Morgan fingerprint density at radius 2 is 1.19 bits per heavy atom. The number of Topliss-reactive ketones (excluding diaryl/α,β-unsaturated/α-hetero) is 1. The summed E-state index contributed by atoms with van der Waals surface area (Å²) in [4.78, 5) is 12.3. The molecule has 0 saturated carbocycles. The first-order valence-corrected chi connectivity index (χ1v) is 18.9. The van der Waals surface area contributed by atoms with Gasteiger partial charge in [0.05, 0.1) is 12.7 Å². The Bertz CT molecular complexity index is 1680. The quantitative estimate of drug-likeness (QED) is 0.122. The highest BCUT2D eigenvalue weighted by Gasteiger charge is 2.46. The number of aliphatic hydroxyl groups is 5. The lowest BCUT2D eigenvalue weighted by molar-refractivity contribution is -0.313. The molecule has 3 aliphatic rings. The van der Waals surface area contributed by atoms with Crippen LogP contribution >= 0.6 is 0 Å². The van der Waals surface area contributed by atoms with Gasteiger partial charge in [-0.1, -0.05) is 141 Å². The second kappa shape index (κ2) is 19.9. The Morgan fingerprint density at radius 1 is 0.704 bits per heavy atom. The number of rotatable bonds is 13. The monoisotopic (exact) mass is 744 g/mol. The second-order valence-corrected chi connectivity index (χ2v) is 16.4. The van der Waals surface area contributed by atoms with Gasteiger partial charge in [-0.2, -0.15) is 0 Å². The number of ketones is 1. The number of allylic oxidation sites excluding steroid dienone is 20. The van der Waals surface area contributed by atoms with Crippen molar-refractivity contribution < 1.29 is 39.8 Å². The third-order valence-electron chi connectivity index (χ3n) is 10.4. The number of carbonyl (C=O) groups is 1. The minimum atomic E-state index is -1.46. The largest absolute Gasteiger partial charge is 0.394 e. The number of carbonyl (C=O) groups excluding carboxylic acids is 1. The lowest BCUT2D eigenvalue weighted by Gasteiger charge is -2.43. The van der Waals surface area contributed by atoms with Gasteiger partial charge in [0, 0.05) is 0 Å². The van der Waals surface area contributed by atoms with Crippen LogP contribution in [-0.4, -0.2) is 80.8 Å². The molecule has 0 radical (unpaired) electrons. The maximum Gasteiger partial charge on any atom is 0.187 e. The van der Waals surface area contributed by atoms with Crippen LogP contribution in [0.15, 0.2) is 130 Å². The molecule has 0 aromatic rings. The van der Waals surface area contributed by atoms with Crippen molar-refractivity contribution >= 4 is 5.78 Å². The van der Waals surface area contributed by atoms with Gasteiger partial charge in [0.2, 0.25) is 0 Å². The van der Waals surface area contributed by atoms with Gasteiger partial charge < -0.3 is 35.0 Å². The molecule has 1 fully saturated rings. The van der Waals surface area contributed by atoms with Crippen LogP contribution in [0, 0.1) is 10.8 Å². The molecule has 7 atom stereocenters. The molecule has 1 saturated heterocycles. The Balaban J connectivity index is 1.53. The zero-order valence-corrected chi connectivity index (χ0v) is 33.9. The molecule has 0 amide bonds. The number of aliphatic hydroxyl groups excluding tert-OH is 5. The molecule has 8 heteroatoms. The number of hydrogen-bond donors (Lipinski definition) is 5. The highest BCUT2D eigenvalue weighted by atomic mass is 16.7. The van der Waals surface area contributed by atoms with Crippen molar-refractivity contribution in [3.8, 4) is 0 Å². The van der Waals surface area contributed by atoms with Crippen molar-refractivity contribution in [2.45, 2.75) is 131 Å². The molecule has 7 unspecified atom stereocenters. The van der Waals surface area contributed by atoms with Crippen molar-refractivity contribution in [3.63, 3.8) is 0 Å². The first-order chi connectivity index (χ1) is 25.3. The molecule has 5 N–H and O–H groups in total. The Morgan fingerprint density at radius 3 is 1.70 bits per heavy atom. The van der Waals surface area contributed by atoms with E-state index in [0.717, 1.165) is 27.9 Å². The predicted molar refractivity (Wildman–Crippen MR) is 217 cm³/mol. The molecule has 54 heavy (non-hydrogen) atoms. The first kappa shape index (κ1) is 44.9. The van der Waals surface area contributed by atoms with Crippen molar-refractivity contribution in [1.82, 2.24) is 0 Å².